The van der Waals surface area contributed by atoms with Crippen LogP contribution >= 0.6 is 0 Å². The summed E-state index contributed by atoms with van der Waals surface area (Å²) in [5, 5.41) is 7.12. The van der Waals surface area contributed by atoms with E-state index in [4.69, 9.17) is 19.4 Å². The van der Waals surface area contributed by atoms with Gasteiger partial charge in [-0.15, -0.1) is 0 Å². The molecule has 0 bridgehead atoms. The Morgan fingerprint density at radius 3 is 1.35 bits per heavy atom. The summed E-state index contributed by atoms with van der Waals surface area (Å²) in [6, 6.07) is -0.833. The van der Waals surface area contributed by atoms with E-state index in [1.165, 1.54) is 70.6 Å². The molecule has 0 saturated heterocycles. The van der Waals surface area contributed by atoms with Gasteiger partial charge in [-0.05, 0) is 12.8 Å². The van der Waals surface area contributed by atoms with E-state index in [1.54, 1.807) is 0 Å². The molecule has 0 heterocycles. The number of esters is 1. The number of aliphatic carboxylic acids is 1. The van der Waals surface area contributed by atoms with Crippen LogP contribution in [-0.4, -0.2) is 35.9 Å². The Labute approximate surface area is 184 Å². The number of hydrogen-bond acceptors (Lipinski definition) is 4. The van der Waals surface area contributed by atoms with Gasteiger partial charge in [0.2, 0.25) is 0 Å². The van der Waals surface area contributed by atoms with E-state index in [0.29, 0.717) is 13.0 Å². The molecular formula is C21H41F3N2O5. The van der Waals surface area contributed by atoms with Gasteiger partial charge >= 0.3 is 24.1 Å². The molecule has 0 aliphatic heterocycles. The number of alkyl halides is 3. The Morgan fingerprint density at radius 1 is 0.742 bits per heavy atom. The Balaban J connectivity index is -0.000000585. The Kier molecular flexibility index (Phi) is 26.3. The smallest absolute Gasteiger partial charge is 0.475 e. The van der Waals surface area contributed by atoms with Gasteiger partial charge in [-0.3, -0.25) is 4.79 Å². The second-order valence-electron chi connectivity index (χ2n) is 7.06. The van der Waals surface area contributed by atoms with Gasteiger partial charge in [-0.1, -0.05) is 84.5 Å². The predicted molar refractivity (Wildman–Crippen MR) is 114 cm³/mol. The molecule has 0 radical (unpaired) electrons. The molecule has 0 rings (SSSR count). The lowest BCUT2D eigenvalue weighted by Gasteiger charge is -2.04. The number of carbonyl (C=O) groups is 3. The van der Waals surface area contributed by atoms with Crippen molar-refractivity contribution in [3.63, 3.8) is 0 Å². The minimum atomic E-state index is -5.08. The first-order valence-corrected chi connectivity index (χ1v) is 11.0. The summed E-state index contributed by atoms with van der Waals surface area (Å²) in [5.74, 6) is -2.79. The number of carboxylic acids is 1. The van der Waals surface area contributed by atoms with Crippen LogP contribution in [0.1, 0.15) is 104 Å². The van der Waals surface area contributed by atoms with Crippen LogP contribution in [0.4, 0.5) is 18.0 Å². The molecule has 0 aliphatic rings. The lowest BCUT2D eigenvalue weighted by atomic mass is 10.1. The van der Waals surface area contributed by atoms with Crippen molar-refractivity contribution in [2.75, 3.05) is 6.61 Å². The summed E-state index contributed by atoms with van der Waals surface area (Å²) in [4.78, 5) is 29.0. The normalized spacial score (nSPS) is 10.2. The SMILES string of the molecule is CCCCCCCCCCCCCCOC(=O)CCC.NC(N)=O.O=C(O)C(F)(F)F. The zero-order valence-electron chi connectivity index (χ0n) is 19.0. The zero-order chi connectivity index (χ0) is 24.5. The number of urea groups is 1. The fraction of sp³-hybridized carbons (Fsp3) is 0.857. The number of nitrogens with two attached hydrogens (primary N) is 2. The highest BCUT2D eigenvalue weighted by Crippen LogP contribution is 2.13. The third-order valence-electron chi connectivity index (χ3n) is 3.96. The number of hydrogen-bond donors (Lipinski definition) is 3. The quantitative estimate of drug-likeness (QED) is 0.214. The van der Waals surface area contributed by atoms with E-state index in [2.05, 4.69) is 18.4 Å². The minimum Gasteiger partial charge on any atom is -0.475 e. The molecule has 7 nitrogen and oxygen atoms in total. The highest BCUT2D eigenvalue weighted by Gasteiger charge is 2.38. The first-order valence-electron chi connectivity index (χ1n) is 11.0. The highest BCUT2D eigenvalue weighted by atomic mass is 19.4. The number of halogens is 3. The summed E-state index contributed by atoms with van der Waals surface area (Å²) in [6.45, 7) is 4.89. The second-order valence-corrected chi connectivity index (χ2v) is 7.06. The maximum absolute atomic E-state index is 11.1. The lowest BCUT2D eigenvalue weighted by molar-refractivity contribution is -0.192. The molecule has 0 atom stereocenters. The monoisotopic (exact) mass is 458 g/mol. The molecule has 0 fully saturated rings. The number of rotatable bonds is 15. The summed E-state index contributed by atoms with van der Waals surface area (Å²) in [6.07, 6.45) is 12.5. The number of carboxylic acid groups (broad SMARTS) is 1. The Hall–Kier alpha value is -2.00. The molecule has 10 heteroatoms. The fourth-order valence-electron chi connectivity index (χ4n) is 2.41. The van der Waals surface area contributed by atoms with Crippen molar-refractivity contribution in [1.82, 2.24) is 0 Å². The summed E-state index contributed by atoms with van der Waals surface area (Å²) in [5.41, 5.74) is 8.50. The lowest BCUT2D eigenvalue weighted by Crippen LogP contribution is -2.21. The van der Waals surface area contributed by atoms with Crippen molar-refractivity contribution >= 4 is 18.0 Å². The van der Waals surface area contributed by atoms with Crippen molar-refractivity contribution in [3.05, 3.63) is 0 Å². The van der Waals surface area contributed by atoms with Gasteiger partial charge in [-0.2, -0.15) is 13.2 Å². The maximum atomic E-state index is 11.1. The molecule has 5 N–H and O–H groups in total. The Bertz CT molecular complexity index is 443. The van der Waals surface area contributed by atoms with Crippen LogP contribution in [-0.2, 0) is 14.3 Å². The van der Waals surface area contributed by atoms with E-state index < -0.39 is 18.2 Å². The molecule has 0 aromatic rings. The van der Waals surface area contributed by atoms with Crippen LogP contribution in [0.15, 0.2) is 0 Å². The standard InChI is InChI=1S/C18H36O2.C2HF3O2.CH4N2O/c1-3-5-6-7-8-9-10-11-12-13-14-15-17-20-18(19)16-4-2;3-2(4,5)1(6)7;2-1(3)4/h3-17H2,1-2H3;(H,6,7);(H4,2,3,4). The molecule has 0 spiro atoms. The van der Waals surface area contributed by atoms with E-state index in [0.717, 1.165) is 12.8 Å². The number of primary amides is 2. The number of amides is 2. The maximum Gasteiger partial charge on any atom is 0.490 e. The van der Waals surface area contributed by atoms with E-state index in [9.17, 15) is 18.0 Å². The summed E-state index contributed by atoms with van der Waals surface area (Å²) < 4.78 is 36.9. The first-order chi connectivity index (χ1) is 14.5. The molecular weight excluding hydrogens is 417 g/mol. The Morgan fingerprint density at radius 2 is 1.06 bits per heavy atom. The highest BCUT2D eigenvalue weighted by molar-refractivity contribution is 5.73. The van der Waals surface area contributed by atoms with Gasteiger partial charge in [0.15, 0.2) is 0 Å². The third-order valence-corrected chi connectivity index (χ3v) is 3.96. The zero-order valence-corrected chi connectivity index (χ0v) is 19.0. The summed E-state index contributed by atoms with van der Waals surface area (Å²) in [7, 11) is 0. The number of unbranched alkanes of at least 4 members (excludes halogenated alkanes) is 11. The molecule has 0 aliphatic carbocycles. The number of carbonyl (C=O) groups excluding carboxylic acids is 2. The molecule has 31 heavy (non-hydrogen) atoms. The summed E-state index contributed by atoms with van der Waals surface area (Å²) >= 11 is 0. The molecule has 2 amide bonds. The van der Waals surface area contributed by atoms with Crippen LogP contribution in [0.2, 0.25) is 0 Å². The average molecular weight is 459 g/mol. The van der Waals surface area contributed by atoms with Crippen molar-refractivity contribution in [3.8, 4) is 0 Å². The van der Waals surface area contributed by atoms with Crippen LogP contribution in [0.5, 0.6) is 0 Å². The molecule has 0 aromatic carbocycles. The van der Waals surface area contributed by atoms with E-state index in [1.807, 2.05) is 6.92 Å². The number of ether oxygens (including phenoxy) is 1. The minimum absolute atomic E-state index is 0.0319. The van der Waals surface area contributed by atoms with Crippen LogP contribution in [0, 0.1) is 0 Å². The largest absolute Gasteiger partial charge is 0.490 e. The van der Waals surface area contributed by atoms with Crippen LogP contribution in [0.3, 0.4) is 0 Å². The van der Waals surface area contributed by atoms with Crippen LogP contribution < -0.4 is 11.5 Å². The van der Waals surface area contributed by atoms with Crippen molar-refractivity contribution < 1.29 is 37.4 Å². The first kappa shape index (κ1) is 33.6. The van der Waals surface area contributed by atoms with Gasteiger partial charge in [0, 0.05) is 6.42 Å². The van der Waals surface area contributed by atoms with Crippen molar-refractivity contribution in [2.24, 2.45) is 11.5 Å². The van der Waals surface area contributed by atoms with Crippen molar-refractivity contribution in [1.29, 1.82) is 0 Å². The van der Waals surface area contributed by atoms with Gasteiger partial charge in [0.25, 0.3) is 0 Å². The molecule has 186 valence electrons. The third kappa shape index (κ3) is 39.1. The van der Waals surface area contributed by atoms with Gasteiger partial charge in [0.1, 0.15) is 0 Å². The van der Waals surface area contributed by atoms with Crippen LogP contribution in [0.25, 0.3) is 0 Å². The van der Waals surface area contributed by atoms with Crippen molar-refractivity contribution in [2.45, 2.75) is 110 Å². The van der Waals surface area contributed by atoms with E-state index >= 15 is 0 Å². The van der Waals surface area contributed by atoms with Gasteiger partial charge in [0.05, 0.1) is 6.61 Å². The molecule has 0 saturated carbocycles. The topological polar surface area (TPSA) is 133 Å². The fourth-order valence-corrected chi connectivity index (χ4v) is 2.41. The predicted octanol–water partition coefficient (Wildman–Crippen LogP) is 5.69. The second kappa shape index (κ2) is 24.3. The van der Waals surface area contributed by atoms with Gasteiger partial charge in [-0.25, -0.2) is 9.59 Å². The van der Waals surface area contributed by atoms with Gasteiger partial charge < -0.3 is 21.3 Å². The molecule has 0 unspecified atom stereocenters. The van der Waals surface area contributed by atoms with E-state index in [-0.39, 0.29) is 5.97 Å². The molecule has 0 aromatic heterocycles. The average Bonchev–Trinajstić information content (AvgIpc) is 2.65.